The van der Waals surface area contributed by atoms with E-state index >= 15 is 0 Å². The molecule has 2 rings (SSSR count). The van der Waals surface area contributed by atoms with Crippen LogP contribution in [-0.2, 0) is 6.54 Å². The fourth-order valence-corrected chi connectivity index (χ4v) is 2.53. The summed E-state index contributed by atoms with van der Waals surface area (Å²) >= 11 is 5.83. The standard InChI is InChI=1S/C12H16ClF3N4O/c1-19-3-2-8(6-19)4-17-9-5-18-20(7-12(14,15)16)11(21)10(9)13/h5,8,17H,2-4,6-7H2,1H3. The van der Waals surface area contributed by atoms with E-state index < -0.39 is 18.3 Å². The maximum Gasteiger partial charge on any atom is 0.408 e. The topological polar surface area (TPSA) is 50.2 Å². The van der Waals surface area contributed by atoms with Crippen molar-refractivity contribution in [1.82, 2.24) is 14.7 Å². The van der Waals surface area contributed by atoms with E-state index in [9.17, 15) is 18.0 Å². The number of hydrogen-bond donors (Lipinski definition) is 1. The summed E-state index contributed by atoms with van der Waals surface area (Å²) in [6.45, 7) is 1.10. The molecule has 0 aliphatic carbocycles. The Labute approximate surface area is 124 Å². The predicted molar refractivity (Wildman–Crippen MR) is 73.7 cm³/mol. The van der Waals surface area contributed by atoms with E-state index in [0.29, 0.717) is 17.1 Å². The van der Waals surface area contributed by atoms with Crippen LogP contribution in [0.2, 0.25) is 5.02 Å². The molecular formula is C12H16ClF3N4O. The summed E-state index contributed by atoms with van der Waals surface area (Å²) in [5.74, 6) is 0.420. The summed E-state index contributed by atoms with van der Waals surface area (Å²) in [6.07, 6.45) is -2.32. The van der Waals surface area contributed by atoms with E-state index in [1.165, 1.54) is 0 Å². The third-order valence-electron chi connectivity index (χ3n) is 3.38. The third kappa shape index (κ3) is 4.34. The normalized spacial score (nSPS) is 20.0. The molecule has 9 heteroatoms. The first-order valence-electron chi connectivity index (χ1n) is 6.51. The minimum Gasteiger partial charge on any atom is -0.382 e. The molecule has 0 amide bonds. The average Bonchev–Trinajstić information content (AvgIpc) is 2.79. The second-order valence-electron chi connectivity index (χ2n) is 5.25. The summed E-state index contributed by atoms with van der Waals surface area (Å²) in [7, 11) is 2.02. The van der Waals surface area contributed by atoms with Gasteiger partial charge in [-0.25, -0.2) is 4.68 Å². The first-order chi connectivity index (χ1) is 9.76. The molecule has 118 valence electrons. The van der Waals surface area contributed by atoms with Gasteiger partial charge in [0.25, 0.3) is 5.56 Å². The van der Waals surface area contributed by atoms with Crippen LogP contribution in [0.4, 0.5) is 18.9 Å². The molecule has 1 unspecified atom stereocenters. The van der Waals surface area contributed by atoms with Crippen molar-refractivity contribution in [2.45, 2.75) is 19.1 Å². The Balaban J connectivity index is 2.05. The van der Waals surface area contributed by atoms with Crippen molar-refractivity contribution in [1.29, 1.82) is 0 Å². The van der Waals surface area contributed by atoms with Gasteiger partial charge in [-0.15, -0.1) is 0 Å². The molecule has 0 spiro atoms. The molecule has 5 nitrogen and oxygen atoms in total. The van der Waals surface area contributed by atoms with Gasteiger partial charge in [0.05, 0.1) is 11.9 Å². The lowest BCUT2D eigenvalue weighted by molar-refractivity contribution is -0.143. The first-order valence-corrected chi connectivity index (χ1v) is 6.89. The van der Waals surface area contributed by atoms with Gasteiger partial charge in [0.15, 0.2) is 0 Å². The highest BCUT2D eigenvalue weighted by Crippen LogP contribution is 2.20. The monoisotopic (exact) mass is 324 g/mol. The van der Waals surface area contributed by atoms with Crippen LogP contribution in [0.1, 0.15) is 6.42 Å². The van der Waals surface area contributed by atoms with Crippen LogP contribution in [0.3, 0.4) is 0 Å². The zero-order valence-corrected chi connectivity index (χ0v) is 12.2. The zero-order valence-electron chi connectivity index (χ0n) is 11.5. The molecule has 1 fully saturated rings. The highest BCUT2D eigenvalue weighted by molar-refractivity contribution is 6.32. The van der Waals surface area contributed by atoms with Gasteiger partial charge >= 0.3 is 6.18 Å². The molecule has 2 heterocycles. The molecule has 0 aromatic carbocycles. The van der Waals surface area contributed by atoms with Crippen LogP contribution < -0.4 is 10.9 Å². The van der Waals surface area contributed by atoms with Crippen LogP contribution in [-0.4, -0.2) is 47.5 Å². The molecule has 1 aliphatic heterocycles. The van der Waals surface area contributed by atoms with Gasteiger partial charge in [-0.05, 0) is 25.9 Å². The van der Waals surface area contributed by atoms with E-state index in [0.717, 1.165) is 25.7 Å². The molecule has 0 radical (unpaired) electrons. The van der Waals surface area contributed by atoms with Crippen molar-refractivity contribution >= 4 is 17.3 Å². The number of hydrogen-bond acceptors (Lipinski definition) is 4. The first kappa shape index (κ1) is 16.1. The van der Waals surface area contributed by atoms with Crippen molar-refractivity contribution in [3.05, 3.63) is 21.6 Å². The molecule has 1 N–H and O–H groups in total. The van der Waals surface area contributed by atoms with Gasteiger partial charge in [-0.3, -0.25) is 4.79 Å². The Hall–Kier alpha value is -1.28. The summed E-state index contributed by atoms with van der Waals surface area (Å²) < 4.78 is 37.2. The van der Waals surface area contributed by atoms with Crippen LogP contribution in [0.5, 0.6) is 0 Å². The number of alkyl halides is 3. The summed E-state index contributed by atoms with van der Waals surface area (Å²) in [6, 6.07) is 0. The van der Waals surface area contributed by atoms with Crippen LogP contribution >= 0.6 is 11.6 Å². The third-order valence-corrected chi connectivity index (χ3v) is 3.75. The fourth-order valence-electron chi connectivity index (χ4n) is 2.32. The summed E-state index contributed by atoms with van der Waals surface area (Å²) in [4.78, 5) is 13.9. The molecule has 1 saturated heterocycles. The SMILES string of the molecule is CN1CCC(CNc2cnn(CC(F)(F)F)c(=O)c2Cl)C1. The number of nitrogens with one attached hydrogen (secondary N) is 1. The van der Waals surface area contributed by atoms with Gasteiger partial charge < -0.3 is 10.2 Å². The van der Waals surface area contributed by atoms with Gasteiger partial charge in [0.1, 0.15) is 11.6 Å². The Kier molecular flexibility index (Phi) is 4.77. The van der Waals surface area contributed by atoms with Gasteiger partial charge in [0, 0.05) is 13.1 Å². The van der Waals surface area contributed by atoms with E-state index in [1.807, 2.05) is 7.05 Å². The lowest BCUT2D eigenvalue weighted by Crippen LogP contribution is -2.31. The molecule has 1 aromatic heterocycles. The van der Waals surface area contributed by atoms with E-state index in [1.54, 1.807) is 0 Å². The number of nitrogens with zero attached hydrogens (tertiary/aromatic N) is 3. The molecule has 0 bridgehead atoms. The van der Waals surface area contributed by atoms with Crippen molar-refractivity contribution in [3.8, 4) is 0 Å². The minimum atomic E-state index is -4.51. The van der Waals surface area contributed by atoms with E-state index in [4.69, 9.17) is 11.6 Å². The predicted octanol–water partition coefficient (Wildman–Crippen LogP) is 1.82. The van der Waals surface area contributed by atoms with Crippen molar-refractivity contribution < 1.29 is 13.2 Å². The highest BCUT2D eigenvalue weighted by Gasteiger charge is 2.29. The summed E-state index contributed by atoms with van der Waals surface area (Å²) in [5, 5.41) is 6.24. The molecule has 1 aromatic rings. The molecule has 21 heavy (non-hydrogen) atoms. The second kappa shape index (κ2) is 6.23. The van der Waals surface area contributed by atoms with Gasteiger partial charge in [-0.1, -0.05) is 11.6 Å². The van der Waals surface area contributed by atoms with Crippen molar-refractivity contribution in [2.75, 3.05) is 32.0 Å². The average molecular weight is 325 g/mol. The summed E-state index contributed by atoms with van der Waals surface area (Å²) in [5.41, 5.74) is -0.669. The number of anilines is 1. The fraction of sp³-hybridized carbons (Fsp3) is 0.667. The number of likely N-dealkylation sites (tertiary alicyclic amines) is 1. The van der Waals surface area contributed by atoms with Crippen LogP contribution in [0, 0.1) is 5.92 Å². The Morgan fingerprint density at radius 1 is 1.52 bits per heavy atom. The molecular weight excluding hydrogens is 309 g/mol. The Morgan fingerprint density at radius 2 is 2.24 bits per heavy atom. The highest BCUT2D eigenvalue weighted by atomic mass is 35.5. The van der Waals surface area contributed by atoms with Crippen LogP contribution in [0.15, 0.2) is 11.0 Å². The van der Waals surface area contributed by atoms with Gasteiger partial charge in [-0.2, -0.15) is 18.3 Å². The largest absolute Gasteiger partial charge is 0.408 e. The van der Waals surface area contributed by atoms with Gasteiger partial charge in [0.2, 0.25) is 0 Å². The Morgan fingerprint density at radius 3 is 2.81 bits per heavy atom. The smallest absolute Gasteiger partial charge is 0.382 e. The number of halogens is 4. The Bertz CT molecular complexity index is 560. The number of aromatic nitrogens is 2. The second-order valence-corrected chi connectivity index (χ2v) is 5.63. The number of rotatable bonds is 4. The van der Waals surface area contributed by atoms with E-state index in [2.05, 4.69) is 15.3 Å². The quantitative estimate of drug-likeness (QED) is 0.918. The minimum absolute atomic E-state index is 0.263. The van der Waals surface area contributed by atoms with Crippen molar-refractivity contribution in [3.63, 3.8) is 0 Å². The molecule has 1 aliphatic rings. The molecule has 1 atom stereocenters. The maximum atomic E-state index is 12.3. The van der Waals surface area contributed by atoms with Crippen LogP contribution in [0.25, 0.3) is 0 Å². The lowest BCUT2D eigenvalue weighted by Gasteiger charge is -2.14. The zero-order chi connectivity index (χ0) is 15.6. The maximum absolute atomic E-state index is 12.3. The lowest BCUT2D eigenvalue weighted by atomic mass is 10.1. The van der Waals surface area contributed by atoms with E-state index in [-0.39, 0.29) is 10.7 Å². The van der Waals surface area contributed by atoms with Crippen molar-refractivity contribution in [2.24, 2.45) is 5.92 Å². The molecule has 0 saturated carbocycles.